The minimum Gasteiger partial charge on any atom is -0.349 e. The monoisotopic (exact) mass is 323 g/mol. The Kier molecular flexibility index (Phi) is 5.21. The molecule has 1 aliphatic rings. The van der Waals surface area contributed by atoms with Gasteiger partial charge in [0.05, 0.1) is 0 Å². The Morgan fingerprint density at radius 1 is 0.833 bits per heavy atom. The number of rotatable bonds is 4. The van der Waals surface area contributed by atoms with Crippen molar-refractivity contribution in [1.82, 2.24) is 10.3 Å². The molecule has 2 aromatic rings. The number of hydrogen-bond donors (Lipinski definition) is 2. The molecule has 2 amide bonds. The van der Waals surface area contributed by atoms with Crippen LogP contribution in [0.1, 0.15) is 52.8 Å². The summed E-state index contributed by atoms with van der Waals surface area (Å²) < 4.78 is 0. The second-order valence-electron chi connectivity index (χ2n) is 6.08. The fourth-order valence-electron chi connectivity index (χ4n) is 2.93. The molecule has 1 aliphatic carbocycles. The zero-order valence-corrected chi connectivity index (χ0v) is 13.5. The van der Waals surface area contributed by atoms with Crippen LogP contribution in [0.3, 0.4) is 0 Å². The van der Waals surface area contributed by atoms with Gasteiger partial charge < -0.3 is 10.6 Å². The van der Waals surface area contributed by atoms with Crippen LogP contribution in [-0.2, 0) is 0 Å². The summed E-state index contributed by atoms with van der Waals surface area (Å²) in [5.74, 6) is -0.245. The molecule has 1 fully saturated rings. The van der Waals surface area contributed by atoms with Gasteiger partial charge in [0.1, 0.15) is 0 Å². The average molecular weight is 323 g/mol. The summed E-state index contributed by atoms with van der Waals surface area (Å²) in [7, 11) is 0. The number of nitrogens with zero attached hydrogens (tertiary/aromatic N) is 1. The van der Waals surface area contributed by atoms with Crippen LogP contribution in [0, 0.1) is 0 Å². The SMILES string of the molecule is O=C(Nc1ccc(C(=O)NC2CCCCC2)cc1)c1ccncc1. The summed E-state index contributed by atoms with van der Waals surface area (Å²) in [4.78, 5) is 28.2. The average Bonchev–Trinajstić information content (AvgIpc) is 2.64. The molecular formula is C19H21N3O2. The van der Waals surface area contributed by atoms with E-state index in [4.69, 9.17) is 0 Å². The quantitative estimate of drug-likeness (QED) is 0.906. The van der Waals surface area contributed by atoms with Gasteiger partial charge in [0.15, 0.2) is 0 Å². The number of nitrogens with one attached hydrogen (secondary N) is 2. The molecule has 0 atom stereocenters. The zero-order chi connectivity index (χ0) is 16.8. The zero-order valence-electron chi connectivity index (χ0n) is 13.5. The third-order valence-corrected chi connectivity index (χ3v) is 4.29. The number of carbonyl (C=O) groups excluding carboxylic acids is 2. The number of benzene rings is 1. The van der Waals surface area contributed by atoms with Crippen molar-refractivity contribution >= 4 is 17.5 Å². The van der Waals surface area contributed by atoms with Gasteiger partial charge in [-0.1, -0.05) is 19.3 Å². The first kappa shape index (κ1) is 16.2. The molecule has 0 unspecified atom stereocenters. The molecule has 0 bridgehead atoms. The van der Waals surface area contributed by atoms with Crippen molar-refractivity contribution in [2.24, 2.45) is 0 Å². The fourth-order valence-corrected chi connectivity index (χ4v) is 2.93. The van der Waals surface area contributed by atoms with E-state index in [0.29, 0.717) is 16.8 Å². The van der Waals surface area contributed by atoms with Crippen LogP contribution in [0.2, 0.25) is 0 Å². The van der Waals surface area contributed by atoms with Gasteiger partial charge in [0, 0.05) is 35.2 Å². The number of carbonyl (C=O) groups is 2. The number of anilines is 1. The van der Waals surface area contributed by atoms with E-state index >= 15 is 0 Å². The highest BCUT2D eigenvalue weighted by molar-refractivity contribution is 6.04. The van der Waals surface area contributed by atoms with E-state index in [1.807, 2.05) is 0 Å². The summed E-state index contributed by atoms with van der Waals surface area (Å²) in [5, 5.41) is 5.90. The largest absolute Gasteiger partial charge is 0.349 e. The minimum absolute atomic E-state index is 0.0473. The second-order valence-corrected chi connectivity index (χ2v) is 6.08. The highest BCUT2D eigenvalue weighted by atomic mass is 16.2. The topological polar surface area (TPSA) is 71.1 Å². The molecule has 0 radical (unpaired) electrons. The maximum absolute atomic E-state index is 12.3. The van der Waals surface area contributed by atoms with Gasteiger partial charge >= 0.3 is 0 Å². The second kappa shape index (κ2) is 7.73. The van der Waals surface area contributed by atoms with Gasteiger partial charge in [-0.2, -0.15) is 0 Å². The highest BCUT2D eigenvalue weighted by Crippen LogP contribution is 2.18. The predicted octanol–water partition coefficient (Wildman–Crippen LogP) is 3.40. The van der Waals surface area contributed by atoms with Crippen LogP contribution in [0.15, 0.2) is 48.8 Å². The Labute approximate surface area is 141 Å². The van der Waals surface area contributed by atoms with E-state index in [0.717, 1.165) is 12.8 Å². The molecule has 1 heterocycles. The minimum atomic E-state index is -0.197. The first-order valence-electron chi connectivity index (χ1n) is 8.35. The van der Waals surface area contributed by atoms with Crippen molar-refractivity contribution in [3.63, 3.8) is 0 Å². The van der Waals surface area contributed by atoms with Crippen LogP contribution in [-0.4, -0.2) is 22.8 Å². The Balaban J connectivity index is 1.58. The van der Waals surface area contributed by atoms with Gasteiger partial charge in [0.2, 0.25) is 0 Å². The first-order valence-corrected chi connectivity index (χ1v) is 8.35. The third kappa shape index (κ3) is 4.19. The van der Waals surface area contributed by atoms with E-state index in [2.05, 4.69) is 15.6 Å². The normalized spacial score (nSPS) is 14.8. The lowest BCUT2D eigenvalue weighted by Crippen LogP contribution is -2.36. The summed E-state index contributed by atoms with van der Waals surface area (Å²) in [6.07, 6.45) is 8.91. The molecule has 2 N–H and O–H groups in total. The van der Waals surface area contributed by atoms with Crippen molar-refractivity contribution in [3.8, 4) is 0 Å². The number of aromatic nitrogens is 1. The molecular weight excluding hydrogens is 302 g/mol. The number of hydrogen-bond acceptors (Lipinski definition) is 3. The molecule has 5 nitrogen and oxygen atoms in total. The smallest absolute Gasteiger partial charge is 0.255 e. The lowest BCUT2D eigenvalue weighted by molar-refractivity contribution is 0.0927. The van der Waals surface area contributed by atoms with Gasteiger partial charge in [-0.25, -0.2) is 0 Å². The molecule has 124 valence electrons. The molecule has 3 rings (SSSR count). The molecule has 24 heavy (non-hydrogen) atoms. The van der Waals surface area contributed by atoms with E-state index in [1.54, 1.807) is 48.8 Å². The Bertz CT molecular complexity index is 692. The van der Waals surface area contributed by atoms with Gasteiger partial charge in [-0.3, -0.25) is 14.6 Å². The van der Waals surface area contributed by atoms with Crippen LogP contribution in [0.5, 0.6) is 0 Å². The summed E-state index contributed by atoms with van der Waals surface area (Å²) in [6.45, 7) is 0. The molecule has 5 heteroatoms. The Morgan fingerprint density at radius 3 is 2.12 bits per heavy atom. The maximum Gasteiger partial charge on any atom is 0.255 e. The van der Waals surface area contributed by atoms with Crippen LogP contribution >= 0.6 is 0 Å². The summed E-state index contributed by atoms with van der Waals surface area (Å²) in [6, 6.07) is 10.6. The van der Waals surface area contributed by atoms with Crippen LogP contribution in [0.4, 0.5) is 5.69 Å². The predicted molar refractivity (Wildman–Crippen MR) is 93.0 cm³/mol. The van der Waals surface area contributed by atoms with Gasteiger partial charge in [-0.15, -0.1) is 0 Å². The Hall–Kier alpha value is -2.69. The van der Waals surface area contributed by atoms with Crippen molar-refractivity contribution in [2.45, 2.75) is 38.1 Å². The van der Waals surface area contributed by atoms with Gasteiger partial charge in [0.25, 0.3) is 11.8 Å². The van der Waals surface area contributed by atoms with E-state index in [1.165, 1.54) is 19.3 Å². The van der Waals surface area contributed by atoms with Gasteiger partial charge in [-0.05, 0) is 49.2 Å². The van der Waals surface area contributed by atoms with E-state index in [-0.39, 0.29) is 17.9 Å². The summed E-state index contributed by atoms with van der Waals surface area (Å²) in [5.41, 5.74) is 1.82. The van der Waals surface area contributed by atoms with E-state index < -0.39 is 0 Å². The fraction of sp³-hybridized carbons (Fsp3) is 0.316. The lowest BCUT2D eigenvalue weighted by atomic mass is 9.95. The first-order chi connectivity index (χ1) is 11.7. The maximum atomic E-state index is 12.3. The van der Waals surface area contributed by atoms with Crippen molar-refractivity contribution in [1.29, 1.82) is 0 Å². The van der Waals surface area contributed by atoms with Crippen molar-refractivity contribution < 1.29 is 9.59 Å². The van der Waals surface area contributed by atoms with Crippen LogP contribution < -0.4 is 10.6 Å². The molecule has 0 aliphatic heterocycles. The molecule has 0 spiro atoms. The number of pyridine rings is 1. The molecule has 0 saturated heterocycles. The van der Waals surface area contributed by atoms with Crippen molar-refractivity contribution in [3.05, 3.63) is 59.9 Å². The molecule has 1 saturated carbocycles. The van der Waals surface area contributed by atoms with E-state index in [9.17, 15) is 9.59 Å². The van der Waals surface area contributed by atoms with Crippen LogP contribution in [0.25, 0.3) is 0 Å². The molecule has 1 aromatic heterocycles. The Morgan fingerprint density at radius 2 is 1.46 bits per heavy atom. The number of amides is 2. The highest BCUT2D eigenvalue weighted by Gasteiger charge is 2.16. The summed E-state index contributed by atoms with van der Waals surface area (Å²) >= 11 is 0. The molecule has 1 aromatic carbocycles. The van der Waals surface area contributed by atoms with Crippen molar-refractivity contribution in [2.75, 3.05) is 5.32 Å². The third-order valence-electron chi connectivity index (χ3n) is 4.29. The lowest BCUT2D eigenvalue weighted by Gasteiger charge is -2.22. The standard InChI is InChI=1S/C19H21N3O2/c23-18(21-16-4-2-1-3-5-16)14-6-8-17(9-7-14)22-19(24)15-10-12-20-13-11-15/h6-13,16H,1-5H2,(H,21,23)(H,22,24).